The molecule has 0 saturated carbocycles. The molecule has 2 aromatic rings. The summed E-state index contributed by atoms with van der Waals surface area (Å²) in [4.78, 5) is 15.1. The van der Waals surface area contributed by atoms with Crippen molar-refractivity contribution >= 4 is 29.1 Å². The lowest BCUT2D eigenvalue weighted by Crippen LogP contribution is -2.05. The minimum Gasteiger partial charge on any atom is -0.478 e. The van der Waals surface area contributed by atoms with E-state index in [-0.39, 0.29) is 16.5 Å². The third-order valence-electron chi connectivity index (χ3n) is 2.38. The fourth-order valence-corrected chi connectivity index (χ4v) is 1.67. The molecule has 0 spiro atoms. The van der Waals surface area contributed by atoms with Crippen molar-refractivity contribution in [2.75, 3.05) is 5.32 Å². The molecular formula is C14H9ClN2O2. The van der Waals surface area contributed by atoms with Crippen molar-refractivity contribution in [3.63, 3.8) is 0 Å². The first-order valence-corrected chi connectivity index (χ1v) is 5.71. The van der Waals surface area contributed by atoms with E-state index in [0.29, 0.717) is 11.3 Å². The van der Waals surface area contributed by atoms with Crippen LogP contribution >= 0.6 is 11.6 Å². The Bertz CT molecular complexity index is 677. The molecular weight excluding hydrogens is 264 g/mol. The predicted molar refractivity (Wildman–Crippen MR) is 73.9 cm³/mol. The summed E-state index contributed by atoms with van der Waals surface area (Å²) in [6.45, 7) is 0. The van der Waals surface area contributed by atoms with E-state index in [2.05, 4.69) is 16.2 Å². The number of aromatic carboxylic acids is 1. The number of halogens is 1. The minimum absolute atomic E-state index is 0.0375. The minimum atomic E-state index is -1.08. The van der Waals surface area contributed by atoms with Gasteiger partial charge in [0.1, 0.15) is 16.5 Å². The Morgan fingerprint density at radius 3 is 2.84 bits per heavy atom. The van der Waals surface area contributed by atoms with Gasteiger partial charge in [0.05, 0.1) is 0 Å². The lowest BCUT2D eigenvalue weighted by Gasteiger charge is -2.09. The van der Waals surface area contributed by atoms with Crippen molar-refractivity contribution in [1.29, 1.82) is 0 Å². The molecule has 5 heteroatoms. The number of nitrogens with one attached hydrogen (secondary N) is 1. The molecule has 1 heterocycles. The number of benzene rings is 1. The van der Waals surface area contributed by atoms with Gasteiger partial charge in [0.2, 0.25) is 0 Å². The van der Waals surface area contributed by atoms with E-state index < -0.39 is 5.97 Å². The molecule has 2 N–H and O–H groups in total. The van der Waals surface area contributed by atoms with Crippen molar-refractivity contribution < 1.29 is 9.90 Å². The van der Waals surface area contributed by atoms with Gasteiger partial charge in [-0.3, -0.25) is 0 Å². The summed E-state index contributed by atoms with van der Waals surface area (Å²) < 4.78 is 0. The zero-order valence-electron chi connectivity index (χ0n) is 9.72. The molecule has 4 nitrogen and oxygen atoms in total. The molecule has 19 heavy (non-hydrogen) atoms. The highest BCUT2D eigenvalue weighted by atomic mass is 35.5. The Hall–Kier alpha value is -2.51. The maximum atomic E-state index is 11.1. The van der Waals surface area contributed by atoms with Gasteiger partial charge in [-0.25, -0.2) is 9.78 Å². The fraction of sp³-hybridized carbons (Fsp3) is 0. The first kappa shape index (κ1) is 12.9. The van der Waals surface area contributed by atoms with Crippen LogP contribution in [-0.2, 0) is 0 Å². The lowest BCUT2D eigenvalue weighted by atomic mass is 10.2. The van der Waals surface area contributed by atoms with Crippen LogP contribution in [0.5, 0.6) is 0 Å². The van der Waals surface area contributed by atoms with Crippen molar-refractivity contribution in [3.8, 4) is 12.3 Å². The van der Waals surface area contributed by atoms with Gasteiger partial charge in [-0.05, 0) is 30.3 Å². The molecule has 0 fully saturated rings. The normalized spacial score (nSPS) is 9.68. The molecule has 2 rings (SSSR count). The first-order chi connectivity index (χ1) is 9.10. The fourth-order valence-electron chi connectivity index (χ4n) is 1.53. The van der Waals surface area contributed by atoms with Gasteiger partial charge in [-0.2, -0.15) is 0 Å². The van der Waals surface area contributed by atoms with Gasteiger partial charge in [0.25, 0.3) is 0 Å². The number of carboxylic acids is 1. The summed E-state index contributed by atoms with van der Waals surface area (Å²) in [5.74, 6) is 1.59. The first-order valence-electron chi connectivity index (χ1n) is 5.33. The molecule has 0 aliphatic heterocycles. The molecule has 1 aromatic carbocycles. The molecule has 0 saturated heterocycles. The van der Waals surface area contributed by atoms with Crippen molar-refractivity contribution in [2.24, 2.45) is 0 Å². The monoisotopic (exact) mass is 272 g/mol. The van der Waals surface area contributed by atoms with E-state index in [1.165, 1.54) is 12.1 Å². The van der Waals surface area contributed by atoms with Crippen molar-refractivity contribution in [1.82, 2.24) is 4.98 Å². The largest absolute Gasteiger partial charge is 0.478 e. The predicted octanol–water partition coefficient (Wildman–Crippen LogP) is 3.16. The molecule has 0 atom stereocenters. The number of hydrogen-bond donors (Lipinski definition) is 2. The summed E-state index contributed by atoms with van der Waals surface area (Å²) in [7, 11) is 0. The number of carbonyl (C=O) groups is 1. The van der Waals surface area contributed by atoms with Crippen LogP contribution in [0.3, 0.4) is 0 Å². The highest BCUT2D eigenvalue weighted by Gasteiger charge is 2.12. The van der Waals surface area contributed by atoms with E-state index in [0.717, 1.165) is 0 Å². The summed E-state index contributed by atoms with van der Waals surface area (Å²) in [6.07, 6.45) is 5.31. The van der Waals surface area contributed by atoms with E-state index in [1.807, 2.05) is 0 Å². The zero-order chi connectivity index (χ0) is 13.8. The Labute approximate surface area is 115 Å². The van der Waals surface area contributed by atoms with Crippen LogP contribution < -0.4 is 5.32 Å². The van der Waals surface area contributed by atoms with Gasteiger partial charge >= 0.3 is 5.97 Å². The van der Waals surface area contributed by atoms with Crippen molar-refractivity contribution in [3.05, 3.63) is 52.7 Å². The number of nitrogens with zero attached hydrogens (tertiary/aromatic N) is 1. The van der Waals surface area contributed by atoms with Gasteiger partial charge in [-0.15, -0.1) is 6.42 Å². The molecule has 94 valence electrons. The van der Waals surface area contributed by atoms with Crippen LogP contribution in [0.1, 0.15) is 15.9 Å². The number of carboxylic acid groups (broad SMARTS) is 1. The summed E-state index contributed by atoms with van der Waals surface area (Å²) in [5, 5.41) is 12.2. The van der Waals surface area contributed by atoms with E-state index in [1.54, 1.807) is 24.3 Å². The molecule has 0 radical (unpaired) electrons. The van der Waals surface area contributed by atoms with Gasteiger partial charge in [-0.1, -0.05) is 23.6 Å². The lowest BCUT2D eigenvalue weighted by molar-refractivity contribution is 0.0697. The average molecular weight is 273 g/mol. The third-order valence-corrected chi connectivity index (χ3v) is 2.59. The van der Waals surface area contributed by atoms with Crippen LogP contribution in [0, 0.1) is 12.3 Å². The van der Waals surface area contributed by atoms with Crippen LogP contribution in [0.2, 0.25) is 5.15 Å². The quantitative estimate of drug-likeness (QED) is 0.665. The number of pyridine rings is 1. The average Bonchev–Trinajstić information content (AvgIpc) is 2.38. The van der Waals surface area contributed by atoms with Gasteiger partial charge in [0.15, 0.2) is 0 Å². The zero-order valence-corrected chi connectivity index (χ0v) is 10.5. The SMILES string of the molecule is C#Cc1cccc(Nc2nc(Cl)ccc2C(=O)O)c1. The van der Waals surface area contributed by atoms with Gasteiger partial charge < -0.3 is 10.4 Å². The molecule has 0 bridgehead atoms. The Morgan fingerprint density at radius 2 is 2.16 bits per heavy atom. The standard InChI is InChI=1S/C14H9ClN2O2/c1-2-9-4-3-5-10(8-9)16-13-11(14(18)19)6-7-12(15)17-13/h1,3-8H,(H,16,17)(H,18,19). The number of anilines is 2. The Kier molecular flexibility index (Phi) is 3.69. The van der Waals surface area contributed by atoms with E-state index >= 15 is 0 Å². The smallest absolute Gasteiger partial charge is 0.339 e. The highest BCUT2D eigenvalue weighted by Crippen LogP contribution is 2.21. The van der Waals surface area contributed by atoms with Crippen LogP contribution in [0.25, 0.3) is 0 Å². The van der Waals surface area contributed by atoms with E-state index in [9.17, 15) is 4.79 Å². The maximum absolute atomic E-state index is 11.1. The second-order valence-electron chi connectivity index (χ2n) is 3.69. The molecule has 0 aliphatic carbocycles. The molecule has 0 unspecified atom stereocenters. The Morgan fingerprint density at radius 1 is 1.37 bits per heavy atom. The topological polar surface area (TPSA) is 62.2 Å². The summed E-state index contributed by atoms with van der Waals surface area (Å²) >= 11 is 5.77. The summed E-state index contributed by atoms with van der Waals surface area (Å²) in [5.41, 5.74) is 1.37. The van der Waals surface area contributed by atoms with Crippen LogP contribution in [-0.4, -0.2) is 16.1 Å². The van der Waals surface area contributed by atoms with Crippen LogP contribution in [0.4, 0.5) is 11.5 Å². The number of terminal acetylenes is 1. The van der Waals surface area contributed by atoms with Gasteiger partial charge in [0, 0.05) is 11.3 Å². The third kappa shape index (κ3) is 3.03. The number of rotatable bonds is 3. The van der Waals surface area contributed by atoms with E-state index in [4.69, 9.17) is 23.1 Å². The van der Waals surface area contributed by atoms with Crippen LogP contribution in [0.15, 0.2) is 36.4 Å². The maximum Gasteiger partial charge on any atom is 0.339 e. The molecule has 0 aliphatic rings. The Balaban J connectivity index is 2.40. The second-order valence-corrected chi connectivity index (χ2v) is 4.07. The molecule has 0 amide bonds. The number of hydrogen-bond acceptors (Lipinski definition) is 3. The second kappa shape index (κ2) is 5.42. The highest BCUT2D eigenvalue weighted by molar-refractivity contribution is 6.29. The summed E-state index contributed by atoms with van der Waals surface area (Å²) in [6, 6.07) is 9.83. The molecule has 1 aromatic heterocycles. The van der Waals surface area contributed by atoms with Crippen molar-refractivity contribution in [2.45, 2.75) is 0 Å². The number of aromatic nitrogens is 1.